The Morgan fingerprint density at radius 3 is 2.33 bits per heavy atom. The maximum Gasteiger partial charge on any atom is 0.170 e. The van der Waals surface area contributed by atoms with Gasteiger partial charge in [0.15, 0.2) is 5.11 Å². The van der Waals surface area contributed by atoms with E-state index in [2.05, 4.69) is 45.9 Å². The first-order valence-electron chi connectivity index (χ1n) is 9.72. The third-order valence-electron chi connectivity index (χ3n) is 5.78. The lowest BCUT2D eigenvalue weighted by Gasteiger charge is -2.39. The van der Waals surface area contributed by atoms with Crippen LogP contribution < -0.4 is 15.4 Å². The lowest BCUT2D eigenvalue weighted by atomic mass is 9.96. The van der Waals surface area contributed by atoms with Gasteiger partial charge in [-0.3, -0.25) is 4.90 Å². The predicted octanol–water partition coefficient (Wildman–Crippen LogP) is 4.18. The first-order valence-corrected chi connectivity index (χ1v) is 10.1. The highest BCUT2D eigenvalue weighted by Gasteiger charge is 2.40. The zero-order valence-corrected chi connectivity index (χ0v) is 16.5. The maximum atomic E-state index is 5.54. The normalized spacial score (nSPS) is 24.4. The van der Waals surface area contributed by atoms with Crippen LogP contribution in [-0.2, 0) is 6.54 Å². The number of fused-ring (bicyclic) bond motifs is 2. The molecule has 5 heteroatoms. The Morgan fingerprint density at radius 2 is 1.70 bits per heavy atom. The van der Waals surface area contributed by atoms with Crippen LogP contribution in [0.25, 0.3) is 0 Å². The maximum absolute atomic E-state index is 5.54. The van der Waals surface area contributed by atoms with Crippen LogP contribution in [0.5, 0.6) is 5.75 Å². The van der Waals surface area contributed by atoms with Crippen LogP contribution in [0.1, 0.15) is 31.2 Å². The van der Waals surface area contributed by atoms with Gasteiger partial charge in [-0.05, 0) is 67.7 Å². The molecule has 2 bridgehead atoms. The van der Waals surface area contributed by atoms with Crippen molar-refractivity contribution in [2.75, 3.05) is 12.4 Å². The summed E-state index contributed by atoms with van der Waals surface area (Å²) in [5.74, 6) is 0.849. The number of rotatable bonds is 5. The summed E-state index contributed by atoms with van der Waals surface area (Å²) in [5.41, 5.74) is 2.40. The Kier molecular flexibility index (Phi) is 5.60. The van der Waals surface area contributed by atoms with E-state index in [4.69, 9.17) is 17.0 Å². The fourth-order valence-electron chi connectivity index (χ4n) is 4.47. The largest absolute Gasteiger partial charge is 0.497 e. The standard InChI is InChI=1S/C22H27N3OS/c1-26-21-11-7-17(8-12-21)23-22(27)24-18-13-19-9-10-20(14-18)25(19)15-16-5-3-2-4-6-16/h2-8,11-12,18-20H,9-10,13-15H2,1H3,(H2,23,24,27)/t18?,19-,20+. The summed E-state index contributed by atoms with van der Waals surface area (Å²) in [6.07, 6.45) is 4.92. The Morgan fingerprint density at radius 1 is 1.04 bits per heavy atom. The van der Waals surface area contributed by atoms with Crippen LogP contribution in [-0.4, -0.2) is 35.2 Å². The summed E-state index contributed by atoms with van der Waals surface area (Å²) in [4.78, 5) is 2.70. The second-order valence-corrected chi connectivity index (χ2v) is 7.95. The predicted molar refractivity (Wildman–Crippen MR) is 114 cm³/mol. The Balaban J connectivity index is 1.31. The van der Waals surface area contributed by atoms with Gasteiger partial charge in [0.1, 0.15) is 5.75 Å². The van der Waals surface area contributed by atoms with Gasteiger partial charge in [0.2, 0.25) is 0 Å². The first kappa shape index (κ1) is 18.3. The molecule has 0 spiro atoms. The van der Waals surface area contributed by atoms with E-state index in [9.17, 15) is 0 Å². The number of thiocarbonyl (C=S) groups is 1. The molecule has 4 nitrogen and oxygen atoms in total. The smallest absolute Gasteiger partial charge is 0.170 e. The van der Waals surface area contributed by atoms with Crippen LogP contribution in [0, 0.1) is 0 Å². The van der Waals surface area contributed by atoms with Crippen molar-refractivity contribution in [1.29, 1.82) is 0 Å². The molecule has 3 atom stereocenters. The van der Waals surface area contributed by atoms with Crippen molar-refractivity contribution in [2.45, 2.75) is 50.4 Å². The molecule has 0 radical (unpaired) electrons. The highest BCUT2D eigenvalue weighted by Crippen LogP contribution is 2.36. The minimum absolute atomic E-state index is 0.452. The number of piperidine rings is 1. The van der Waals surface area contributed by atoms with E-state index in [0.29, 0.717) is 23.2 Å². The van der Waals surface area contributed by atoms with Gasteiger partial charge in [0, 0.05) is 30.4 Å². The summed E-state index contributed by atoms with van der Waals surface area (Å²) < 4.78 is 5.20. The monoisotopic (exact) mass is 381 g/mol. The Hall–Kier alpha value is -2.11. The number of nitrogens with zero attached hydrogens (tertiary/aromatic N) is 1. The van der Waals surface area contributed by atoms with Crippen LogP contribution in [0.4, 0.5) is 5.69 Å². The number of benzene rings is 2. The number of anilines is 1. The average Bonchev–Trinajstić information content (AvgIpc) is 2.91. The zero-order chi connectivity index (χ0) is 18.6. The molecule has 4 rings (SSSR count). The van der Waals surface area contributed by atoms with Crippen molar-refractivity contribution in [2.24, 2.45) is 0 Å². The third kappa shape index (κ3) is 4.42. The summed E-state index contributed by atoms with van der Waals surface area (Å²) in [7, 11) is 1.67. The lowest BCUT2D eigenvalue weighted by molar-refractivity contribution is 0.115. The van der Waals surface area contributed by atoms with Crippen molar-refractivity contribution in [1.82, 2.24) is 10.2 Å². The topological polar surface area (TPSA) is 36.5 Å². The van der Waals surface area contributed by atoms with Gasteiger partial charge in [-0.25, -0.2) is 0 Å². The molecular weight excluding hydrogens is 354 g/mol. The quantitative estimate of drug-likeness (QED) is 0.760. The van der Waals surface area contributed by atoms with Crippen molar-refractivity contribution in [3.8, 4) is 5.75 Å². The highest BCUT2D eigenvalue weighted by atomic mass is 32.1. The van der Waals surface area contributed by atoms with Gasteiger partial charge in [-0.2, -0.15) is 0 Å². The van der Waals surface area contributed by atoms with Crippen molar-refractivity contribution in [3.63, 3.8) is 0 Å². The minimum atomic E-state index is 0.452. The van der Waals surface area contributed by atoms with Crippen LogP contribution in [0.15, 0.2) is 54.6 Å². The SMILES string of the molecule is COc1ccc(NC(=S)NC2C[C@H]3CC[C@@H](C2)N3Cc2ccccc2)cc1. The molecule has 2 aliphatic heterocycles. The molecule has 2 aliphatic rings. The van der Waals surface area contributed by atoms with E-state index in [1.54, 1.807) is 7.11 Å². The summed E-state index contributed by atoms with van der Waals surface area (Å²) in [6, 6.07) is 20.4. The van der Waals surface area contributed by atoms with E-state index in [0.717, 1.165) is 30.8 Å². The molecule has 0 saturated carbocycles. The van der Waals surface area contributed by atoms with Gasteiger partial charge in [0.25, 0.3) is 0 Å². The second-order valence-electron chi connectivity index (χ2n) is 7.54. The van der Waals surface area contributed by atoms with Crippen molar-refractivity contribution in [3.05, 3.63) is 60.2 Å². The average molecular weight is 382 g/mol. The molecule has 0 aliphatic carbocycles. The zero-order valence-electron chi connectivity index (χ0n) is 15.7. The molecule has 1 unspecified atom stereocenters. The number of hydrogen-bond donors (Lipinski definition) is 2. The van der Waals surface area contributed by atoms with E-state index in [1.165, 1.54) is 18.4 Å². The molecule has 2 saturated heterocycles. The van der Waals surface area contributed by atoms with Crippen molar-refractivity contribution >= 4 is 23.0 Å². The molecule has 142 valence electrons. The van der Waals surface area contributed by atoms with E-state index < -0.39 is 0 Å². The van der Waals surface area contributed by atoms with Crippen molar-refractivity contribution < 1.29 is 4.74 Å². The Bertz CT molecular complexity index is 751. The first-order chi connectivity index (χ1) is 13.2. The third-order valence-corrected chi connectivity index (χ3v) is 6.00. The summed E-state index contributed by atoms with van der Waals surface area (Å²) in [6.45, 7) is 1.07. The molecule has 0 amide bonds. The van der Waals surface area contributed by atoms with Gasteiger partial charge in [-0.1, -0.05) is 30.3 Å². The molecule has 2 N–H and O–H groups in total. The molecule has 2 heterocycles. The second kappa shape index (κ2) is 8.28. The number of ether oxygens (including phenoxy) is 1. The van der Waals surface area contributed by atoms with Gasteiger partial charge in [-0.15, -0.1) is 0 Å². The number of methoxy groups -OCH3 is 1. The molecule has 2 fully saturated rings. The molecule has 2 aromatic rings. The summed E-state index contributed by atoms with van der Waals surface area (Å²) in [5, 5.41) is 7.55. The van der Waals surface area contributed by atoms with Gasteiger partial charge < -0.3 is 15.4 Å². The molecule has 27 heavy (non-hydrogen) atoms. The lowest BCUT2D eigenvalue weighted by Crippen LogP contribution is -2.50. The molecular formula is C22H27N3OS. The summed E-state index contributed by atoms with van der Waals surface area (Å²) >= 11 is 5.54. The Labute approximate surface area is 166 Å². The van der Waals surface area contributed by atoms with E-state index in [1.807, 2.05) is 24.3 Å². The van der Waals surface area contributed by atoms with Crippen LogP contribution in [0.3, 0.4) is 0 Å². The minimum Gasteiger partial charge on any atom is -0.497 e. The van der Waals surface area contributed by atoms with Gasteiger partial charge in [0.05, 0.1) is 7.11 Å². The number of nitrogens with one attached hydrogen (secondary N) is 2. The van der Waals surface area contributed by atoms with Crippen LogP contribution in [0.2, 0.25) is 0 Å². The fourth-order valence-corrected chi connectivity index (χ4v) is 4.76. The fraction of sp³-hybridized carbons (Fsp3) is 0.409. The highest BCUT2D eigenvalue weighted by molar-refractivity contribution is 7.80. The molecule has 0 aromatic heterocycles. The molecule has 2 aromatic carbocycles. The van der Waals surface area contributed by atoms with Crippen LogP contribution >= 0.6 is 12.2 Å². The van der Waals surface area contributed by atoms with E-state index >= 15 is 0 Å². The number of hydrogen-bond acceptors (Lipinski definition) is 3. The van der Waals surface area contributed by atoms with Gasteiger partial charge >= 0.3 is 0 Å². The van der Waals surface area contributed by atoms with E-state index in [-0.39, 0.29) is 0 Å².